The first-order valence-electron chi connectivity index (χ1n) is 12.8. The summed E-state index contributed by atoms with van der Waals surface area (Å²) >= 11 is 0. The van der Waals surface area contributed by atoms with Crippen molar-refractivity contribution in [2.75, 3.05) is 5.32 Å². The van der Waals surface area contributed by atoms with Crippen LogP contribution in [-0.4, -0.2) is 39.8 Å². The van der Waals surface area contributed by atoms with E-state index < -0.39 is 41.6 Å². The number of fused-ring (bicyclic) bond motifs is 1. The standard InChI is InChI=1S/C28H26F4N4O2/c1-14-10-20(22(13-33-14)34-18-6-7-18)27(38)36-23-9-4-16(23)11-24(36)26(37)35-25(15-2-3-15)19-8-5-17(12-21(19)29)28(30,31)32/h5,8,10,12-13,15-16,18,23-25,34H,2-3,6-7,11H2,1H3,(H,35,37)/t16-,23-,24-,25-/m1/s1. The Hall–Kier alpha value is -3.61. The number of pyridine rings is 1. The Kier molecular flexibility index (Phi) is 5.85. The summed E-state index contributed by atoms with van der Waals surface area (Å²) in [6.07, 6.45) is 0.772. The Balaban J connectivity index is 1.26. The lowest BCUT2D eigenvalue weighted by molar-refractivity contribution is -0.137. The topological polar surface area (TPSA) is 74.3 Å². The molecule has 2 saturated carbocycles. The van der Waals surface area contributed by atoms with E-state index in [4.69, 9.17) is 0 Å². The number of anilines is 1. The molecule has 3 fully saturated rings. The number of aromatic nitrogens is 1. The van der Waals surface area contributed by atoms with Crippen LogP contribution in [0.3, 0.4) is 0 Å². The number of carbonyl (C=O) groups is 2. The normalized spacial score (nSPS) is 24.6. The molecule has 10 heteroatoms. The Labute approximate surface area is 217 Å². The van der Waals surface area contributed by atoms with Gasteiger partial charge in [0, 0.05) is 17.3 Å². The van der Waals surface area contributed by atoms with E-state index in [0.29, 0.717) is 29.4 Å². The fourth-order valence-electron chi connectivity index (χ4n) is 5.30. The molecule has 4 atom stereocenters. The number of carbonyl (C=O) groups excluding carboxylic acids is 2. The molecule has 2 amide bonds. The lowest BCUT2D eigenvalue weighted by Gasteiger charge is -2.31. The minimum atomic E-state index is -4.67. The molecule has 198 valence electrons. The molecule has 2 aromatic rings. The molecule has 38 heavy (non-hydrogen) atoms. The highest BCUT2D eigenvalue weighted by Crippen LogP contribution is 2.44. The van der Waals surface area contributed by atoms with Gasteiger partial charge < -0.3 is 15.5 Å². The molecule has 2 heterocycles. The molecular weight excluding hydrogens is 500 g/mol. The zero-order valence-electron chi connectivity index (χ0n) is 20.6. The van der Waals surface area contributed by atoms with Gasteiger partial charge in [-0.3, -0.25) is 14.6 Å². The zero-order valence-corrected chi connectivity index (χ0v) is 20.6. The summed E-state index contributed by atoms with van der Waals surface area (Å²) in [4.78, 5) is 33.3. The van der Waals surface area contributed by atoms with E-state index in [-0.39, 0.29) is 29.3 Å². The van der Waals surface area contributed by atoms with Crippen LogP contribution in [0.1, 0.15) is 65.3 Å². The van der Waals surface area contributed by atoms with Gasteiger partial charge in [0.05, 0.1) is 35.0 Å². The summed E-state index contributed by atoms with van der Waals surface area (Å²) in [6.45, 7) is 1.79. The smallest absolute Gasteiger partial charge is 0.380 e. The van der Waals surface area contributed by atoms with Crippen LogP contribution in [0.4, 0.5) is 23.2 Å². The van der Waals surface area contributed by atoms with Gasteiger partial charge in [-0.05, 0) is 63.1 Å². The van der Waals surface area contributed by atoms with E-state index in [0.717, 1.165) is 37.8 Å². The first-order chi connectivity index (χ1) is 18.1. The first kappa shape index (κ1) is 24.7. The molecule has 4 aliphatic rings. The third-order valence-corrected chi connectivity index (χ3v) is 7.71. The van der Waals surface area contributed by atoms with Gasteiger partial charge in [-0.1, -0.05) is 17.9 Å². The molecule has 1 aromatic carbocycles. The van der Waals surface area contributed by atoms with Crippen LogP contribution in [0.25, 0.3) is 0 Å². The maximum Gasteiger partial charge on any atom is 0.416 e. The average molecular weight is 527 g/mol. The van der Waals surface area contributed by atoms with E-state index in [1.54, 1.807) is 19.2 Å². The number of halogens is 4. The van der Waals surface area contributed by atoms with Crippen LogP contribution in [0.5, 0.6) is 0 Å². The van der Waals surface area contributed by atoms with Crippen LogP contribution in [-0.2, 0) is 11.0 Å². The number of aryl methyl sites for hydroxylation is 1. The van der Waals surface area contributed by atoms with Gasteiger partial charge in [0.1, 0.15) is 17.9 Å². The molecule has 6 rings (SSSR count). The summed E-state index contributed by atoms with van der Waals surface area (Å²) in [5.74, 6) is 4.00. The largest absolute Gasteiger partial charge is 0.416 e. The minimum absolute atomic E-state index is 0.0182. The van der Waals surface area contributed by atoms with Crippen molar-refractivity contribution < 1.29 is 27.2 Å². The number of alkyl halides is 3. The number of benzene rings is 1. The predicted molar refractivity (Wildman–Crippen MR) is 130 cm³/mol. The van der Waals surface area contributed by atoms with Crippen molar-refractivity contribution in [3.8, 4) is 11.8 Å². The highest BCUT2D eigenvalue weighted by Gasteiger charge is 2.50. The highest BCUT2D eigenvalue weighted by molar-refractivity contribution is 6.03. The number of nitrogens with one attached hydrogen (secondary N) is 2. The second-order valence-electron chi connectivity index (χ2n) is 10.7. The van der Waals surface area contributed by atoms with E-state index in [9.17, 15) is 27.2 Å². The van der Waals surface area contributed by atoms with Crippen LogP contribution in [0, 0.1) is 36.4 Å². The molecule has 2 N–H and O–H groups in total. The Morgan fingerprint density at radius 2 is 1.89 bits per heavy atom. The van der Waals surface area contributed by atoms with Gasteiger partial charge in [-0.15, -0.1) is 0 Å². The number of amides is 2. The van der Waals surface area contributed by atoms with Crippen molar-refractivity contribution in [2.45, 2.75) is 69.4 Å². The molecule has 6 nitrogen and oxygen atoms in total. The van der Waals surface area contributed by atoms with Gasteiger partial charge in [0.15, 0.2) is 0 Å². The third-order valence-electron chi connectivity index (χ3n) is 7.71. The van der Waals surface area contributed by atoms with Gasteiger partial charge in [0.25, 0.3) is 5.91 Å². The van der Waals surface area contributed by atoms with Crippen LogP contribution < -0.4 is 10.6 Å². The molecule has 0 radical (unpaired) electrons. The maximum atomic E-state index is 14.8. The molecule has 1 aliphatic heterocycles. The van der Waals surface area contributed by atoms with Crippen LogP contribution >= 0.6 is 0 Å². The fraction of sp³-hybridized carbons (Fsp3) is 0.464. The Morgan fingerprint density at radius 1 is 1.13 bits per heavy atom. The quantitative estimate of drug-likeness (QED) is 0.409. The van der Waals surface area contributed by atoms with Crippen molar-refractivity contribution in [1.82, 2.24) is 15.2 Å². The van der Waals surface area contributed by atoms with Crippen molar-refractivity contribution in [2.24, 2.45) is 11.8 Å². The number of nitrogens with zero attached hydrogens (tertiary/aromatic N) is 2. The average Bonchev–Trinajstić information content (AvgIpc) is 3.77. The van der Waals surface area contributed by atoms with E-state index in [2.05, 4.69) is 27.5 Å². The summed E-state index contributed by atoms with van der Waals surface area (Å²) < 4.78 is 54.0. The molecule has 1 aromatic heterocycles. The van der Waals surface area contributed by atoms with E-state index in [1.165, 1.54) is 4.90 Å². The number of likely N-dealkylation sites (tertiary alicyclic amines) is 1. The molecule has 1 saturated heterocycles. The molecular formula is C28H26F4N4O2. The second kappa shape index (κ2) is 9.00. The van der Waals surface area contributed by atoms with Crippen molar-refractivity contribution in [1.29, 1.82) is 0 Å². The molecule has 0 bridgehead atoms. The Bertz CT molecular complexity index is 1370. The van der Waals surface area contributed by atoms with Crippen LogP contribution in [0.15, 0.2) is 30.5 Å². The Morgan fingerprint density at radius 3 is 2.50 bits per heavy atom. The zero-order chi connectivity index (χ0) is 26.8. The summed E-state index contributed by atoms with van der Waals surface area (Å²) in [5, 5.41) is 6.21. The van der Waals surface area contributed by atoms with Gasteiger partial charge in [0.2, 0.25) is 5.91 Å². The van der Waals surface area contributed by atoms with Crippen LogP contribution in [0.2, 0.25) is 0 Å². The minimum Gasteiger partial charge on any atom is -0.380 e. The predicted octanol–water partition coefficient (Wildman–Crippen LogP) is 4.61. The van der Waals surface area contributed by atoms with E-state index >= 15 is 0 Å². The molecule has 0 spiro atoms. The summed E-state index contributed by atoms with van der Waals surface area (Å²) in [7, 11) is 0. The molecule has 0 unspecified atom stereocenters. The fourth-order valence-corrected chi connectivity index (χ4v) is 5.30. The van der Waals surface area contributed by atoms with Crippen molar-refractivity contribution in [3.63, 3.8) is 0 Å². The molecule has 3 aliphatic carbocycles. The van der Waals surface area contributed by atoms with Crippen molar-refractivity contribution >= 4 is 17.5 Å². The van der Waals surface area contributed by atoms with E-state index in [1.807, 2.05) is 0 Å². The highest BCUT2D eigenvalue weighted by atomic mass is 19.4. The first-order valence-corrected chi connectivity index (χ1v) is 12.8. The van der Waals surface area contributed by atoms with Gasteiger partial charge in [-0.2, -0.15) is 13.2 Å². The van der Waals surface area contributed by atoms with Gasteiger partial charge in [-0.25, -0.2) is 4.39 Å². The third kappa shape index (κ3) is 4.59. The SMILES string of the molecule is Cc1cc(C(=O)N2[C@@H](C(=O)N[C@@H](c3ccc(C(F)(F)F)cc3F)C3CC3)C[C@H]3C#C[C@H]32)c(NC2CC2)cn1. The maximum absolute atomic E-state index is 14.8. The van der Waals surface area contributed by atoms with Crippen molar-refractivity contribution in [3.05, 3.63) is 58.7 Å². The summed E-state index contributed by atoms with van der Waals surface area (Å²) in [6, 6.07) is 2.36. The number of rotatable bonds is 7. The van der Waals surface area contributed by atoms with Gasteiger partial charge >= 0.3 is 6.18 Å². The monoisotopic (exact) mass is 526 g/mol. The number of hydrogen-bond acceptors (Lipinski definition) is 4. The lowest BCUT2D eigenvalue weighted by atomic mass is 9.92. The number of hydrogen-bond donors (Lipinski definition) is 2. The summed E-state index contributed by atoms with van der Waals surface area (Å²) in [5.41, 5.74) is 0.635. The lowest BCUT2D eigenvalue weighted by Crippen LogP contribution is -2.50. The second-order valence-corrected chi connectivity index (χ2v) is 10.7.